The summed E-state index contributed by atoms with van der Waals surface area (Å²) in [4.78, 5) is 13.9. The first-order valence-corrected chi connectivity index (χ1v) is 9.25. The topological polar surface area (TPSA) is 69.2 Å². The van der Waals surface area contributed by atoms with E-state index < -0.39 is 5.97 Å². The molecule has 0 aliphatic carbocycles. The molecule has 1 atom stereocenters. The molecule has 0 unspecified atom stereocenters. The number of carbonyl (C=O) groups is 1. The van der Waals surface area contributed by atoms with Crippen molar-refractivity contribution in [1.82, 2.24) is 15.1 Å². The Morgan fingerprint density at radius 1 is 1.22 bits per heavy atom. The van der Waals surface area contributed by atoms with E-state index in [9.17, 15) is 9.90 Å². The molecular formula is C22H23N3O2. The Kier molecular flexibility index (Phi) is 4.77. The van der Waals surface area contributed by atoms with Crippen LogP contribution in [0.25, 0.3) is 11.1 Å². The number of hydrogen-bond acceptors (Lipinski definition) is 3. The average Bonchev–Trinajstić information content (AvgIpc) is 3.31. The number of rotatable bonds is 5. The van der Waals surface area contributed by atoms with Gasteiger partial charge in [0.05, 0.1) is 11.8 Å². The van der Waals surface area contributed by atoms with Gasteiger partial charge in [-0.1, -0.05) is 42.5 Å². The van der Waals surface area contributed by atoms with Gasteiger partial charge in [-0.15, -0.1) is 0 Å². The van der Waals surface area contributed by atoms with Crippen molar-refractivity contribution in [2.24, 2.45) is 0 Å². The third kappa shape index (κ3) is 3.64. The van der Waals surface area contributed by atoms with E-state index in [-0.39, 0.29) is 0 Å². The number of aromatic carboxylic acids is 1. The maximum absolute atomic E-state index is 11.4. The maximum Gasteiger partial charge on any atom is 0.336 e. The molecule has 1 aromatic heterocycles. The van der Waals surface area contributed by atoms with Crippen molar-refractivity contribution >= 4 is 5.97 Å². The molecule has 0 radical (unpaired) electrons. The lowest BCUT2D eigenvalue weighted by molar-refractivity contribution is 0.0697. The second-order valence-corrected chi connectivity index (χ2v) is 7.24. The lowest BCUT2D eigenvalue weighted by Crippen LogP contribution is -2.19. The number of aromatic nitrogens is 2. The fraction of sp³-hybridized carbons (Fsp3) is 0.273. The molecule has 0 saturated carbocycles. The summed E-state index contributed by atoms with van der Waals surface area (Å²) >= 11 is 0. The quantitative estimate of drug-likeness (QED) is 0.719. The number of nitrogens with zero attached hydrogens (tertiary/aromatic N) is 2. The zero-order valence-electron chi connectivity index (χ0n) is 15.4. The van der Waals surface area contributed by atoms with Crippen molar-refractivity contribution in [3.63, 3.8) is 0 Å². The van der Waals surface area contributed by atoms with Crippen molar-refractivity contribution in [3.8, 4) is 11.1 Å². The second-order valence-electron chi connectivity index (χ2n) is 7.24. The van der Waals surface area contributed by atoms with E-state index in [4.69, 9.17) is 0 Å². The van der Waals surface area contributed by atoms with Crippen LogP contribution in [-0.4, -0.2) is 39.3 Å². The van der Waals surface area contributed by atoms with E-state index in [1.807, 2.05) is 30.5 Å². The van der Waals surface area contributed by atoms with Crippen molar-refractivity contribution in [1.29, 1.82) is 0 Å². The van der Waals surface area contributed by atoms with Crippen molar-refractivity contribution < 1.29 is 9.90 Å². The highest BCUT2D eigenvalue weighted by Gasteiger charge is 2.26. The summed E-state index contributed by atoms with van der Waals surface area (Å²) in [5, 5.41) is 16.7. The Morgan fingerprint density at radius 2 is 2.00 bits per heavy atom. The summed E-state index contributed by atoms with van der Waals surface area (Å²) in [5.41, 5.74) is 5.77. The summed E-state index contributed by atoms with van der Waals surface area (Å²) in [6, 6.07) is 15.4. The number of benzene rings is 2. The number of nitrogens with one attached hydrogen (secondary N) is 1. The lowest BCUT2D eigenvalue weighted by Gasteiger charge is -2.16. The monoisotopic (exact) mass is 361 g/mol. The first-order chi connectivity index (χ1) is 13.1. The molecule has 2 heterocycles. The van der Waals surface area contributed by atoms with Gasteiger partial charge in [-0.3, -0.25) is 10.00 Å². The number of H-pyrrole nitrogens is 1. The maximum atomic E-state index is 11.4. The SMILES string of the molecule is Cc1cn[nH]c1[C@@H]1CCN(Cc2ccc(-c3ccccc3C(=O)O)cc2)C1. The van der Waals surface area contributed by atoms with Crippen LogP contribution in [-0.2, 0) is 6.54 Å². The van der Waals surface area contributed by atoms with E-state index in [1.165, 1.54) is 16.8 Å². The molecular weight excluding hydrogens is 338 g/mol. The lowest BCUT2D eigenvalue weighted by atomic mass is 9.98. The van der Waals surface area contributed by atoms with Crippen molar-refractivity contribution in [2.45, 2.75) is 25.8 Å². The highest BCUT2D eigenvalue weighted by atomic mass is 16.4. The van der Waals surface area contributed by atoms with Crippen LogP contribution in [0.4, 0.5) is 0 Å². The molecule has 0 bridgehead atoms. The summed E-state index contributed by atoms with van der Waals surface area (Å²) in [6.07, 6.45) is 3.04. The van der Waals surface area contributed by atoms with Gasteiger partial charge >= 0.3 is 5.97 Å². The van der Waals surface area contributed by atoms with Crippen LogP contribution < -0.4 is 0 Å². The summed E-state index contributed by atoms with van der Waals surface area (Å²) in [5.74, 6) is -0.374. The van der Waals surface area contributed by atoms with E-state index >= 15 is 0 Å². The van der Waals surface area contributed by atoms with E-state index in [2.05, 4.69) is 34.2 Å². The van der Waals surface area contributed by atoms with Crippen LogP contribution in [0.5, 0.6) is 0 Å². The minimum Gasteiger partial charge on any atom is -0.478 e. The van der Waals surface area contributed by atoms with Crippen LogP contribution >= 0.6 is 0 Å². The molecule has 3 aromatic rings. The molecule has 5 heteroatoms. The molecule has 1 fully saturated rings. The van der Waals surface area contributed by atoms with Crippen LogP contribution in [0.2, 0.25) is 0 Å². The molecule has 5 nitrogen and oxygen atoms in total. The summed E-state index contributed by atoms with van der Waals surface area (Å²) < 4.78 is 0. The van der Waals surface area contributed by atoms with Crippen LogP contribution in [0.1, 0.15) is 39.5 Å². The summed E-state index contributed by atoms with van der Waals surface area (Å²) in [6.45, 7) is 5.12. The van der Waals surface area contributed by atoms with E-state index in [0.29, 0.717) is 11.5 Å². The van der Waals surface area contributed by atoms with Gasteiger partial charge in [0.1, 0.15) is 0 Å². The highest BCUT2D eigenvalue weighted by molar-refractivity contribution is 5.95. The molecule has 4 rings (SSSR count). The van der Waals surface area contributed by atoms with Gasteiger partial charge < -0.3 is 5.11 Å². The zero-order valence-corrected chi connectivity index (χ0v) is 15.4. The van der Waals surface area contributed by atoms with Gasteiger partial charge in [0.15, 0.2) is 0 Å². The van der Waals surface area contributed by atoms with Gasteiger partial charge in [0.2, 0.25) is 0 Å². The Morgan fingerprint density at radius 3 is 2.70 bits per heavy atom. The number of aryl methyl sites for hydroxylation is 1. The fourth-order valence-electron chi connectivity index (χ4n) is 3.95. The smallest absolute Gasteiger partial charge is 0.336 e. The number of aromatic amines is 1. The van der Waals surface area contributed by atoms with Gasteiger partial charge in [-0.2, -0.15) is 5.10 Å². The molecule has 2 N–H and O–H groups in total. The normalized spacial score (nSPS) is 17.3. The Hall–Kier alpha value is -2.92. The average molecular weight is 361 g/mol. The molecule has 1 saturated heterocycles. The number of carboxylic acid groups (broad SMARTS) is 1. The predicted octanol–water partition coefficient (Wildman–Crippen LogP) is 4.07. The Bertz CT molecular complexity index is 946. The number of carboxylic acids is 1. The zero-order chi connectivity index (χ0) is 18.8. The highest BCUT2D eigenvalue weighted by Crippen LogP contribution is 2.29. The van der Waals surface area contributed by atoms with Gasteiger partial charge in [-0.25, -0.2) is 4.79 Å². The molecule has 27 heavy (non-hydrogen) atoms. The molecule has 0 spiro atoms. The van der Waals surface area contributed by atoms with Gasteiger partial charge in [0.25, 0.3) is 0 Å². The minimum atomic E-state index is -0.896. The molecule has 2 aromatic carbocycles. The third-order valence-electron chi connectivity index (χ3n) is 5.38. The van der Waals surface area contributed by atoms with Crippen molar-refractivity contribution in [2.75, 3.05) is 13.1 Å². The molecule has 0 amide bonds. The Labute approximate surface area is 158 Å². The predicted molar refractivity (Wildman–Crippen MR) is 105 cm³/mol. The Balaban J connectivity index is 1.45. The first-order valence-electron chi connectivity index (χ1n) is 9.25. The number of likely N-dealkylation sites (tertiary alicyclic amines) is 1. The third-order valence-corrected chi connectivity index (χ3v) is 5.38. The number of hydrogen-bond donors (Lipinski definition) is 2. The standard InChI is InChI=1S/C22H23N3O2/c1-15-12-23-24-21(15)18-10-11-25(14-18)13-16-6-8-17(9-7-16)19-4-2-3-5-20(19)22(26)27/h2-9,12,18H,10-11,13-14H2,1H3,(H,23,24)(H,26,27)/t18-/m1/s1. The van der Waals surface area contributed by atoms with E-state index in [1.54, 1.807) is 12.1 Å². The van der Waals surface area contributed by atoms with Crippen LogP contribution in [0, 0.1) is 6.92 Å². The van der Waals surface area contributed by atoms with Gasteiger partial charge in [0, 0.05) is 24.7 Å². The first kappa shape index (κ1) is 17.5. The van der Waals surface area contributed by atoms with E-state index in [0.717, 1.165) is 37.2 Å². The molecule has 1 aliphatic heterocycles. The minimum absolute atomic E-state index is 0.336. The molecule has 138 valence electrons. The summed E-state index contributed by atoms with van der Waals surface area (Å²) in [7, 11) is 0. The van der Waals surface area contributed by atoms with Crippen LogP contribution in [0.15, 0.2) is 54.7 Å². The largest absolute Gasteiger partial charge is 0.478 e. The van der Waals surface area contributed by atoms with Crippen molar-refractivity contribution in [3.05, 3.63) is 77.1 Å². The van der Waals surface area contributed by atoms with Crippen LogP contribution in [0.3, 0.4) is 0 Å². The van der Waals surface area contributed by atoms with Gasteiger partial charge in [-0.05, 0) is 48.2 Å². The second kappa shape index (κ2) is 7.37. The molecule has 1 aliphatic rings. The fourth-order valence-corrected chi connectivity index (χ4v) is 3.95.